The number of aromatic nitrogens is 2. The van der Waals surface area contributed by atoms with E-state index in [2.05, 4.69) is 58.9 Å². The van der Waals surface area contributed by atoms with E-state index in [1.54, 1.807) is 0 Å². The molecule has 2 atom stereocenters. The normalized spacial score (nSPS) is 16.8. The Labute approximate surface area is 302 Å². The van der Waals surface area contributed by atoms with Crippen LogP contribution in [0.15, 0.2) is 18.6 Å². The summed E-state index contributed by atoms with van der Waals surface area (Å²) in [4.78, 5) is 72.1. The van der Waals surface area contributed by atoms with Gasteiger partial charge in [-0.05, 0) is 31.1 Å². The third-order valence-corrected chi connectivity index (χ3v) is 7.56. The highest BCUT2D eigenvalue weighted by Crippen LogP contribution is 2.26. The van der Waals surface area contributed by atoms with Crippen molar-refractivity contribution in [2.45, 2.75) is 164 Å². The van der Waals surface area contributed by atoms with Crippen LogP contribution in [0.4, 0.5) is 0 Å². The van der Waals surface area contributed by atoms with Crippen molar-refractivity contribution >= 4 is 29.5 Å². The van der Waals surface area contributed by atoms with Crippen molar-refractivity contribution < 1.29 is 24.0 Å². The van der Waals surface area contributed by atoms with Gasteiger partial charge >= 0.3 is 0 Å². The average Bonchev–Trinajstić information content (AvgIpc) is 3.78. The van der Waals surface area contributed by atoms with Gasteiger partial charge < -0.3 is 26.2 Å². The highest BCUT2D eigenvalue weighted by molar-refractivity contribution is 5.96. The number of carbonyl (C=O) groups excluding carboxylic acids is 5. The van der Waals surface area contributed by atoms with Gasteiger partial charge in [-0.3, -0.25) is 29.0 Å². The second kappa shape index (κ2) is 27.2. The van der Waals surface area contributed by atoms with Crippen LogP contribution >= 0.6 is 0 Å². The lowest BCUT2D eigenvalue weighted by Gasteiger charge is -2.35. The molecule has 1 saturated heterocycles. The Bertz CT molecular complexity index is 1090. The summed E-state index contributed by atoms with van der Waals surface area (Å²) in [5, 5.41) is 10.8. The Morgan fingerprint density at radius 2 is 1.38 bits per heavy atom. The predicted molar refractivity (Wildman–Crippen MR) is 200 cm³/mol. The van der Waals surface area contributed by atoms with E-state index < -0.39 is 29.3 Å². The van der Waals surface area contributed by atoms with Crippen molar-refractivity contribution in [1.29, 1.82) is 0 Å². The Hall–Kier alpha value is -3.57. The van der Waals surface area contributed by atoms with Crippen LogP contribution in [0.5, 0.6) is 0 Å². The zero-order valence-corrected chi connectivity index (χ0v) is 32.7. The molecule has 0 bridgehead atoms. The van der Waals surface area contributed by atoms with Crippen LogP contribution < -0.4 is 21.3 Å². The topological polar surface area (TPSA) is 162 Å². The molecule has 1 aliphatic heterocycles. The highest BCUT2D eigenvalue weighted by Gasteiger charge is 2.41. The first-order valence-corrected chi connectivity index (χ1v) is 19.1. The Morgan fingerprint density at radius 3 is 1.86 bits per heavy atom. The second-order valence-corrected chi connectivity index (χ2v) is 13.7. The molecule has 3 aliphatic rings. The summed E-state index contributed by atoms with van der Waals surface area (Å²) in [6.07, 6.45) is 18.9. The van der Waals surface area contributed by atoms with Crippen LogP contribution in [0.2, 0.25) is 0 Å². The molecular weight excluding hydrogens is 634 g/mol. The van der Waals surface area contributed by atoms with Crippen LogP contribution in [0.3, 0.4) is 0 Å². The van der Waals surface area contributed by atoms with Crippen molar-refractivity contribution in [2.24, 2.45) is 5.41 Å². The predicted octanol–water partition coefficient (Wildman–Crippen LogP) is 5.71. The molecule has 286 valence electrons. The summed E-state index contributed by atoms with van der Waals surface area (Å²) >= 11 is 0. The molecule has 3 fully saturated rings. The van der Waals surface area contributed by atoms with Crippen molar-refractivity contribution in [1.82, 2.24) is 36.1 Å². The van der Waals surface area contributed by atoms with Crippen LogP contribution in [0.25, 0.3) is 0 Å². The molecule has 2 saturated carbocycles. The summed E-state index contributed by atoms with van der Waals surface area (Å²) in [6.45, 7) is 18.2. The zero-order chi connectivity index (χ0) is 38.0. The van der Waals surface area contributed by atoms with Crippen molar-refractivity contribution in [3.05, 3.63) is 24.3 Å². The zero-order valence-electron chi connectivity index (χ0n) is 32.7. The lowest BCUT2D eigenvalue weighted by atomic mass is 9.85. The SMILES string of the molecule is C1CCCCC1.CC.CC(C)(C)C(NC(=O)CNC(=O)c1cnccn1)C(=O)N1CCC[C@H]1C(=O)NCCC(=O)NC1CC1.CCC.CCC. The molecule has 1 aromatic rings. The standard InChI is InChI=1S/C24H35N7O5.C6H12.2C3H8.C2H6/c1-24(2,3)20(30-19(33)14-28-21(34)16-13-25-10-11-26-16)23(36)31-12-4-5-17(31)22(35)27-9-8-18(32)29-15-6-7-15;1-2-4-6-5-3-1;2*1-3-2;1-2/h10-11,13,15,17,20H,4-9,12,14H2,1-3H3,(H,27,35)(H,28,34)(H,29,32)(H,30,33);1-6H2;2*3H2,1-2H3;1-2H3/t17-,20?;;;;/m0..../s1. The Kier molecular flexibility index (Phi) is 25.2. The van der Waals surface area contributed by atoms with E-state index in [4.69, 9.17) is 0 Å². The highest BCUT2D eigenvalue weighted by atomic mass is 16.2. The van der Waals surface area contributed by atoms with E-state index in [1.807, 2.05) is 34.6 Å². The molecule has 12 heteroatoms. The maximum absolute atomic E-state index is 13.5. The van der Waals surface area contributed by atoms with Crippen LogP contribution in [0.1, 0.15) is 156 Å². The quantitative estimate of drug-likeness (QED) is 0.243. The fraction of sp³-hybridized carbons (Fsp3) is 0.763. The molecule has 4 rings (SSSR count). The molecule has 5 amide bonds. The monoisotopic (exact) mass is 704 g/mol. The average molecular weight is 704 g/mol. The maximum atomic E-state index is 13.5. The third kappa shape index (κ3) is 20.2. The summed E-state index contributed by atoms with van der Waals surface area (Å²) in [5.41, 5.74) is -0.573. The first-order chi connectivity index (χ1) is 23.9. The fourth-order valence-corrected chi connectivity index (χ4v) is 5.00. The molecule has 12 nitrogen and oxygen atoms in total. The summed E-state index contributed by atoms with van der Waals surface area (Å²) in [6, 6.07) is -1.31. The Morgan fingerprint density at radius 1 is 0.820 bits per heavy atom. The van der Waals surface area contributed by atoms with Crippen LogP contribution in [-0.2, 0) is 19.2 Å². The number of likely N-dealkylation sites (tertiary alicyclic amines) is 1. The molecule has 1 unspecified atom stereocenters. The minimum atomic E-state index is -0.906. The molecule has 0 aromatic carbocycles. The van der Waals surface area contributed by atoms with Gasteiger partial charge in [-0.1, -0.05) is 114 Å². The smallest absolute Gasteiger partial charge is 0.271 e. The van der Waals surface area contributed by atoms with Crippen molar-refractivity contribution in [2.75, 3.05) is 19.6 Å². The number of amides is 5. The summed E-state index contributed by atoms with van der Waals surface area (Å²) in [5.74, 6) is -1.86. The van der Waals surface area contributed by atoms with E-state index >= 15 is 0 Å². The van der Waals surface area contributed by atoms with Crippen molar-refractivity contribution in [3.8, 4) is 0 Å². The number of rotatable bonds is 10. The van der Waals surface area contributed by atoms with Crippen molar-refractivity contribution in [3.63, 3.8) is 0 Å². The number of nitrogens with zero attached hydrogens (tertiary/aromatic N) is 3. The van der Waals surface area contributed by atoms with Gasteiger partial charge in [0, 0.05) is 37.9 Å². The molecule has 2 aliphatic carbocycles. The molecule has 1 aromatic heterocycles. The summed E-state index contributed by atoms with van der Waals surface area (Å²) < 4.78 is 0. The van der Waals surface area contributed by atoms with E-state index in [9.17, 15) is 24.0 Å². The lowest BCUT2D eigenvalue weighted by Crippen LogP contribution is -2.58. The minimum absolute atomic E-state index is 0.0738. The Balaban J connectivity index is 0.00000145. The van der Waals surface area contributed by atoms with Crippen LogP contribution in [0, 0.1) is 5.41 Å². The maximum Gasteiger partial charge on any atom is 0.271 e. The summed E-state index contributed by atoms with van der Waals surface area (Å²) in [7, 11) is 0. The first kappa shape index (κ1) is 46.4. The van der Waals surface area contributed by atoms with Gasteiger partial charge in [0.2, 0.25) is 23.6 Å². The van der Waals surface area contributed by atoms with Gasteiger partial charge in [-0.15, -0.1) is 0 Å². The van der Waals surface area contributed by atoms with Gasteiger partial charge in [0.05, 0.1) is 12.7 Å². The molecule has 4 N–H and O–H groups in total. The first-order valence-electron chi connectivity index (χ1n) is 19.1. The largest absolute Gasteiger partial charge is 0.354 e. The van der Waals surface area contributed by atoms with Gasteiger partial charge in [-0.2, -0.15) is 0 Å². The second-order valence-electron chi connectivity index (χ2n) is 13.7. The minimum Gasteiger partial charge on any atom is -0.354 e. The molecule has 0 spiro atoms. The van der Waals surface area contributed by atoms with E-state index in [-0.39, 0.29) is 49.0 Å². The van der Waals surface area contributed by atoms with Gasteiger partial charge in [0.1, 0.15) is 17.8 Å². The molecular formula is C38H69N7O5. The van der Waals surface area contributed by atoms with Gasteiger partial charge in [0.15, 0.2) is 0 Å². The molecule has 2 heterocycles. The van der Waals surface area contributed by atoms with Gasteiger partial charge in [-0.25, -0.2) is 4.98 Å². The number of carbonyl (C=O) groups is 5. The third-order valence-electron chi connectivity index (χ3n) is 7.56. The van der Waals surface area contributed by atoms with E-state index in [0.29, 0.717) is 19.4 Å². The van der Waals surface area contributed by atoms with E-state index in [1.165, 1.54) is 74.9 Å². The number of hydrogen-bond acceptors (Lipinski definition) is 7. The van der Waals surface area contributed by atoms with E-state index in [0.717, 1.165) is 12.8 Å². The molecule has 50 heavy (non-hydrogen) atoms. The lowest BCUT2D eigenvalue weighted by molar-refractivity contribution is -0.143. The fourth-order valence-electron chi connectivity index (χ4n) is 5.00. The van der Waals surface area contributed by atoms with Crippen LogP contribution in [-0.4, -0.2) is 82.2 Å². The number of hydrogen-bond donors (Lipinski definition) is 4. The van der Waals surface area contributed by atoms with Gasteiger partial charge in [0.25, 0.3) is 5.91 Å². The number of nitrogens with one attached hydrogen (secondary N) is 4. The molecule has 0 radical (unpaired) electrons.